The Morgan fingerprint density at radius 3 is 2.67 bits per heavy atom. The first-order valence-electron chi connectivity index (χ1n) is 9.11. The van der Waals surface area contributed by atoms with E-state index >= 15 is 0 Å². The van der Waals surface area contributed by atoms with Crippen LogP contribution in [0.1, 0.15) is 46.5 Å². The topological polar surface area (TPSA) is 34.1 Å². The highest BCUT2D eigenvalue weighted by molar-refractivity contribution is 6.32. The van der Waals surface area contributed by atoms with Crippen LogP contribution in [-0.2, 0) is 9.59 Å². The summed E-state index contributed by atoms with van der Waals surface area (Å²) < 4.78 is 0. The molecule has 0 aromatic carbocycles. The second kappa shape index (κ2) is 5.17. The van der Waals surface area contributed by atoms with Gasteiger partial charge in [0.25, 0.3) is 0 Å². The minimum Gasteiger partial charge on any atom is -0.300 e. The zero-order valence-corrected chi connectivity index (χ0v) is 15.4. The van der Waals surface area contributed by atoms with Gasteiger partial charge in [0.2, 0.25) is 0 Å². The molecule has 0 aromatic heterocycles. The molecule has 4 aliphatic rings. The highest BCUT2D eigenvalue weighted by atomic mass is 35.5. The van der Waals surface area contributed by atoms with Crippen LogP contribution in [0, 0.1) is 34.5 Å². The molecule has 0 aromatic rings. The average molecular weight is 345 g/mol. The van der Waals surface area contributed by atoms with Crippen molar-refractivity contribution in [1.29, 1.82) is 0 Å². The standard InChI is InChI=1S/C21H25ClO2/c1-12(23)15-4-5-16-14-11-19(22)18-10-13(24)6-8-21(18,3)17(14)7-9-20(15,16)2/h6,8,10-11,14-17H,4-5,7,9H2,1-3H3/t14-,15+,16?,17+,20+,21-/m0/s1. The number of fused-ring (bicyclic) bond motifs is 5. The van der Waals surface area contributed by atoms with Gasteiger partial charge >= 0.3 is 0 Å². The van der Waals surface area contributed by atoms with Crippen LogP contribution < -0.4 is 0 Å². The number of allylic oxidation sites excluding steroid dienone is 6. The molecule has 0 heterocycles. The van der Waals surface area contributed by atoms with Gasteiger partial charge in [-0.15, -0.1) is 0 Å². The van der Waals surface area contributed by atoms with Gasteiger partial charge in [0.15, 0.2) is 5.78 Å². The van der Waals surface area contributed by atoms with Crippen LogP contribution in [0.3, 0.4) is 0 Å². The van der Waals surface area contributed by atoms with Crippen molar-refractivity contribution in [1.82, 2.24) is 0 Å². The Labute approximate surface area is 149 Å². The third kappa shape index (κ3) is 2.02. The Kier molecular flexibility index (Phi) is 3.52. The van der Waals surface area contributed by atoms with Gasteiger partial charge in [-0.3, -0.25) is 9.59 Å². The van der Waals surface area contributed by atoms with Gasteiger partial charge in [-0.1, -0.05) is 37.6 Å². The second-order valence-corrected chi connectivity index (χ2v) is 9.07. The summed E-state index contributed by atoms with van der Waals surface area (Å²) in [7, 11) is 0. The maximum atomic E-state index is 12.2. The van der Waals surface area contributed by atoms with E-state index in [9.17, 15) is 9.59 Å². The normalized spacial score (nSPS) is 46.6. The molecule has 4 rings (SSSR count). The first-order chi connectivity index (χ1) is 11.3. The first kappa shape index (κ1) is 16.3. The molecule has 2 fully saturated rings. The molecule has 2 nitrogen and oxygen atoms in total. The number of hydrogen-bond donors (Lipinski definition) is 0. The highest BCUT2D eigenvalue weighted by Gasteiger charge is 2.59. The summed E-state index contributed by atoms with van der Waals surface area (Å²) >= 11 is 6.64. The molecular weight excluding hydrogens is 320 g/mol. The SMILES string of the molecule is CC(=O)[C@H]1CCC2[C@@H]3C=C(Cl)C4=CC(=O)C=C[C@@]4(C)[C@@H]3CC[C@@]21C. The summed E-state index contributed by atoms with van der Waals surface area (Å²) in [6.45, 7) is 6.31. The van der Waals surface area contributed by atoms with Crippen molar-refractivity contribution < 1.29 is 9.59 Å². The van der Waals surface area contributed by atoms with E-state index in [1.165, 1.54) is 0 Å². The zero-order valence-electron chi connectivity index (χ0n) is 14.6. The molecule has 1 unspecified atom stereocenters. The number of halogens is 1. The Morgan fingerprint density at radius 2 is 1.96 bits per heavy atom. The predicted molar refractivity (Wildman–Crippen MR) is 95.5 cm³/mol. The summed E-state index contributed by atoms with van der Waals surface area (Å²) in [4.78, 5) is 24.0. The molecule has 128 valence electrons. The molecule has 0 spiro atoms. The smallest absolute Gasteiger partial charge is 0.178 e. The van der Waals surface area contributed by atoms with Crippen molar-refractivity contribution in [2.24, 2.45) is 34.5 Å². The van der Waals surface area contributed by atoms with E-state index in [2.05, 4.69) is 26.0 Å². The molecular formula is C21H25ClO2. The Bertz CT molecular complexity index is 715. The predicted octanol–water partition coefficient (Wildman–Crippen LogP) is 4.84. The third-order valence-electron chi connectivity index (χ3n) is 7.65. The quantitative estimate of drug-likeness (QED) is 0.682. The van der Waals surface area contributed by atoms with Gasteiger partial charge in [0.1, 0.15) is 5.78 Å². The number of carbonyl (C=O) groups is 2. The summed E-state index contributed by atoms with van der Waals surface area (Å²) in [5.74, 6) is 1.97. The summed E-state index contributed by atoms with van der Waals surface area (Å²) in [5, 5.41) is 0.743. The molecule has 24 heavy (non-hydrogen) atoms. The van der Waals surface area contributed by atoms with Crippen LogP contribution in [0.4, 0.5) is 0 Å². The van der Waals surface area contributed by atoms with Crippen LogP contribution in [0.5, 0.6) is 0 Å². The minimum atomic E-state index is -0.153. The third-order valence-corrected chi connectivity index (χ3v) is 7.98. The van der Waals surface area contributed by atoms with Gasteiger partial charge in [-0.25, -0.2) is 0 Å². The molecule has 0 radical (unpaired) electrons. The van der Waals surface area contributed by atoms with Gasteiger partial charge < -0.3 is 0 Å². The number of rotatable bonds is 1. The zero-order chi connectivity index (χ0) is 17.3. The van der Waals surface area contributed by atoms with Gasteiger partial charge in [-0.05, 0) is 73.5 Å². The molecule has 0 N–H and O–H groups in total. The van der Waals surface area contributed by atoms with Crippen LogP contribution >= 0.6 is 11.6 Å². The van der Waals surface area contributed by atoms with Gasteiger partial charge in [-0.2, -0.15) is 0 Å². The van der Waals surface area contributed by atoms with E-state index in [1.807, 2.05) is 0 Å². The molecule has 3 heteroatoms. The summed E-state index contributed by atoms with van der Waals surface area (Å²) in [6.07, 6.45) is 12.0. The van der Waals surface area contributed by atoms with E-state index in [0.717, 1.165) is 36.3 Å². The molecule has 6 atom stereocenters. The molecule has 0 amide bonds. The van der Waals surface area contributed by atoms with Crippen LogP contribution in [0.25, 0.3) is 0 Å². The van der Waals surface area contributed by atoms with E-state index in [0.29, 0.717) is 23.5 Å². The van der Waals surface area contributed by atoms with Crippen molar-refractivity contribution in [2.75, 3.05) is 0 Å². The van der Waals surface area contributed by atoms with Crippen LogP contribution in [0.2, 0.25) is 0 Å². The number of carbonyl (C=O) groups excluding carboxylic acids is 2. The van der Waals surface area contributed by atoms with E-state index in [1.54, 1.807) is 19.1 Å². The summed E-state index contributed by atoms with van der Waals surface area (Å²) in [5.41, 5.74) is 0.939. The second-order valence-electron chi connectivity index (χ2n) is 8.67. The van der Waals surface area contributed by atoms with Gasteiger partial charge in [0, 0.05) is 16.4 Å². The number of Topliss-reactive ketones (excluding diaryl/α,β-unsaturated/α-hetero) is 1. The lowest BCUT2D eigenvalue weighted by Crippen LogP contribution is -2.49. The Balaban J connectivity index is 1.79. The van der Waals surface area contributed by atoms with Crippen molar-refractivity contribution >= 4 is 23.2 Å². The molecule has 2 saturated carbocycles. The number of hydrogen-bond acceptors (Lipinski definition) is 2. The lowest BCUT2D eigenvalue weighted by atomic mass is 9.49. The van der Waals surface area contributed by atoms with Crippen LogP contribution in [-0.4, -0.2) is 11.6 Å². The van der Waals surface area contributed by atoms with E-state index in [4.69, 9.17) is 11.6 Å². The number of ketones is 2. The minimum absolute atomic E-state index is 0.0330. The maximum absolute atomic E-state index is 12.2. The van der Waals surface area contributed by atoms with Crippen molar-refractivity contribution in [3.8, 4) is 0 Å². The summed E-state index contributed by atoms with van der Waals surface area (Å²) in [6, 6.07) is 0. The molecule has 0 aliphatic heterocycles. The molecule has 0 saturated heterocycles. The molecule has 4 aliphatic carbocycles. The van der Waals surface area contributed by atoms with E-state index in [-0.39, 0.29) is 22.5 Å². The largest absolute Gasteiger partial charge is 0.300 e. The fourth-order valence-electron chi connectivity index (χ4n) is 6.39. The van der Waals surface area contributed by atoms with Crippen molar-refractivity contribution in [2.45, 2.75) is 46.5 Å². The maximum Gasteiger partial charge on any atom is 0.178 e. The lowest BCUT2D eigenvalue weighted by Gasteiger charge is -2.55. The van der Waals surface area contributed by atoms with Crippen LogP contribution in [0.15, 0.2) is 34.9 Å². The Hall–Kier alpha value is -1.15. The van der Waals surface area contributed by atoms with Gasteiger partial charge in [0.05, 0.1) is 0 Å². The first-order valence-corrected chi connectivity index (χ1v) is 9.48. The highest BCUT2D eigenvalue weighted by Crippen LogP contribution is 2.65. The van der Waals surface area contributed by atoms with Crippen molar-refractivity contribution in [3.63, 3.8) is 0 Å². The Morgan fingerprint density at radius 1 is 1.21 bits per heavy atom. The molecule has 0 bridgehead atoms. The fourth-order valence-corrected chi connectivity index (χ4v) is 6.80. The van der Waals surface area contributed by atoms with Crippen molar-refractivity contribution in [3.05, 3.63) is 34.9 Å². The lowest BCUT2D eigenvalue weighted by molar-refractivity contribution is -0.126. The van der Waals surface area contributed by atoms with E-state index < -0.39 is 0 Å². The monoisotopic (exact) mass is 344 g/mol. The fraction of sp³-hybridized carbons (Fsp3) is 0.619. The average Bonchev–Trinajstić information content (AvgIpc) is 2.87.